The maximum Gasteiger partial charge on any atom is 1.00 e. The molecular weight excluding hydrogens is 111 g/mol. The van der Waals surface area contributed by atoms with Gasteiger partial charge in [0.2, 0.25) is 0 Å². The summed E-state index contributed by atoms with van der Waals surface area (Å²) in [5, 5.41) is 0. The van der Waals surface area contributed by atoms with Crippen LogP contribution in [0.25, 0.3) is 0 Å². The Labute approximate surface area is 61.6 Å². The van der Waals surface area contributed by atoms with Gasteiger partial charge in [0, 0.05) is 12.5 Å². The van der Waals surface area contributed by atoms with Gasteiger partial charge >= 0.3 is 29.6 Å². The van der Waals surface area contributed by atoms with Gasteiger partial charge in [0.05, 0.1) is 0 Å². The van der Waals surface area contributed by atoms with Crippen LogP contribution in [0.1, 0.15) is 1.43 Å². The molecule has 0 aromatic rings. The van der Waals surface area contributed by atoms with Gasteiger partial charge in [-0.3, -0.25) is 0 Å². The molecule has 0 radical (unpaired) electrons. The Balaban J connectivity index is -0.0000000800. The van der Waals surface area contributed by atoms with Crippen LogP contribution in [-0.4, -0.2) is 20.9 Å². The molecule has 0 N–H and O–H groups in total. The minimum atomic E-state index is -2.67. The topological polar surface area (TPSA) is 34.1 Å². The van der Waals surface area contributed by atoms with E-state index in [1.165, 1.54) is 0 Å². The number of hydrogen-bond donors (Lipinski definition) is 0. The molecule has 0 saturated heterocycles. The van der Waals surface area contributed by atoms with Crippen LogP contribution in [0.2, 0.25) is 0 Å². The molecule has 0 amide bonds. The van der Waals surface area contributed by atoms with Gasteiger partial charge in [0.25, 0.3) is 0 Å². The zero-order valence-electron chi connectivity index (χ0n) is 5.22. The normalized spacial score (nSPS) is 9.67. The number of sulfone groups is 1. The van der Waals surface area contributed by atoms with E-state index in [-0.39, 0.29) is 31.0 Å². The van der Waals surface area contributed by atoms with Crippen molar-refractivity contribution in [2.24, 2.45) is 0 Å². The fourth-order valence-corrected chi connectivity index (χ4v) is 0. The summed E-state index contributed by atoms with van der Waals surface area (Å²) in [6.45, 7) is 0. The number of rotatable bonds is 0. The molecule has 0 bridgehead atoms. The van der Waals surface area contributed by atoms with E-state index in [2.05, 4.69) is 0 Å². The summed E-state index contributed by atoms with van der Waals surface area (Å²) >= 11 is 0. The Morgan fingerprint density at radius 1 is 1.33 bits per heavy atom. The Hall–Kier alpha value is 0.950. The third-order valence-corrected chi connectivity index (χ3v) is 0. The molecule has 0 aromatic heterocycles. The Kier molecular flexibility index (Phi) is 5.05. The SMILES string of the molecule is CS(C)(=O)=O.[H-].[Na+]. The summed E-state index contributed by atoms with van der Waals surface area (Å²) in [5.41, 5.74) is 0. The molecule has 0 rings (SSSR count). The van der Waals surface area contributed by atoms with E-state index < -0.39 is 9.84 Å². The number of hydrogen-bond acceptors (Lipinski definition) is 2. The smallest absolute Gasteiger partial charge is 1.00 e. The monoisotopic (exact) mass is 118 g/mol. The first kappa shape index (κ1) is 10.0. The third-order valence-electron chi connectivity index (χ3n) is 0. The van der Waals surface area contributed by atoms with E-state index in [1.807, 2.05) is 0 Å². The predicted molar refractivity (Wildman–Crippen MR) is 21.9 cm³/mol. The van der Waals surface area contributed by atoms with E-state index in [9.17, 15) is 8.42 Å². The van der Waals surface area contributed by atoms with Crippen LogP contribution in [0, 0.1) is 0 Å². The molecule has 0 aromatic carbocycles. The van der Waals surface area contributed by atoms with Crippen LogP contribution in [0.3, 0.4) is 0 Å². The second kappa shape index (κ2) is 3.02. The Morgan fingerprint density at radius 2 is 1.33 bits per heavy atom. The van der Waals surface area contributed by atoms with Crippen LogP contribution in [0.5, 0.6) is 0 Å². The molecule has 0 fully saturated rings. The zero-order chi connectivity index (χ0) is 4.50. The van der Waals surface area contributed by atoms with Crippen LogP contribution in [0.4, 0.5) is 0 Å². The first-order chi connectivity index (χ1) is 2.00. The van der Waals surface area contributed by atoms with Gasteiger partial charge in [0.15, 0.2) is 0 Å². The van der Waals surface area contributed by atoms with Gasteiger partial charge in [-0.15, -0.1) is 0 Å². The Morgan fingerprint density at radius 3 is 1.33 bits per heavy atom. The van der Waals surface area contributed by atoms with Gasteiger partial charge in [-0.05, 0) is 0 Å². The second-order valence-electron chi connectivity index (χ2n) is 1.14. The predicted octanol–water partition coefficient (Wildman–Crippen LogP) is -3.22. The van der Waals surface area contributed by atoms with Gasteiger partial charge in [-0.25, -0.2) is 8.42 Å². The zero-order valence-corrected chi connectivity index (χ0v) is 7.04. The maximum atomic E-state index is 9.63. The van der Waals surface area contributed by atoms with Crippen molar-refractivity contribution in [3.63, 3.8) is 0 Å². The summed E-state index contributed by atoms with van der Waals surface area (Å²) < 4.78 is 19.3. The molecule has 0 aliphatic carbocycles. The van der Waals surface area contributed by atoms with Crippen LogP contribution in [-0.2, 0) is 9.84 Å². The second-order valence-corrected chi connectivity index (χ2v) is 3.43. The summed E-state index contributed by atoms with van der Waals surface area (Å²) in [5.74, 6) is 0. The van der Waals surface area contributed by atoms with Crippen molar-refractivity contribution in [1.29, 1.82) is 0 Å². The van der Waals surface area contributed by atoms with E-state index in [4.69, 9.17) is 0 Å². The van der Waals surface area contributed by atoms with E-state index in [0.29, 0.717) is 0 Å². The fraction of sp³-hybridized carbons (Fsp3) is 1.00. The summed E-state index contributed by atoms with van der Waals surface area (Å²) in [6.07, 6.45) is 2.32. The molecular formula is C2H7NaO2S. The minimum Gasteiger partial charge on any atom is -1.00 e. The molecule has 0 saturated carbocycles. The van der Waals surface area contributed by atoms with Crippen molar-refractivity contribution in [3.05, 3.63) is 0 Å². The van der Waals surface area contributed by atoms with E-state index >= 15 is 0 Å². The quantitative estimate of drug-likeness (QED) is 0.313. The first-order valence-electron chi connectivity index (χ1n) is 1.15. The van der Waals surface area contributed by atoms with Gasteiger partial charge in [0.1, 0.15) is 9.84 Å². The van der Waals surface area contributed by atoms with E-state index in [0.717, 1.165) is 12.5 Å². The minimum absolute atomic E-state index is 0. The maximum absolute atomic E-state index is 9.63. The van der Waals surface area contributed by atoms with Crippen molar-refractivity contribution in [1.82, 2.24) is 0 Å². The molecule has 2 nitrogen and oxygen atoms in total. The van der Waals surface area contributed by atoms with Crippen LogP contribution in [0.15, 0.2) is 0 Å². The molecule has 34 valence electrons. The largest absolute Gasteiger partial charge is 1.00 e. The van der Waals surface area contributed by atoms with Crippen LogP contribution >= 0.6 is 0 Å². The molecule has 0 heterocycles. The average molecular weight is 118 g/mol. The van der Waals surface area contributed by atoms with Crippen molar-refractivity contribution in [2.75, 3.05) is 12.5 Å². The Bertz CT molecular complexity index is 98.9. The summed E-state index contributed by atoms with van der Waals surface area (Å²) in [7, 11) is -2.67. The average Bonchev–Trinajstić information content (AvgIpc) is 0.722. The molecule has 0 spiro atoms. The summed E-state index contributed by atoms with van der Waals surface area (Å²) in [6, 6.07) is 0. The van der Waals surface area contributed by atoms with Gasteiger partial charge < -0.3 is 1.43 Å². The molecule has 0 aliphatic heterocycles. The van der Waals surface area contributed by atoms with Gasteiger partial charge in [-0.2, -0.15) is 0 Å². The van der Waals surface area contributed by atoms with Crippen LogP contribution < -0.4 is 29.6 Å². The van der Waals surface area contributed by atoms with Crippen molar-refractivity contribution in [2.45, 2.75) is 0 Å². The molecule has 6 heavy (non-hydrogen) atoms. The molecule has 0 aliphatic rings. The standard InChI is InChI=1S/C2H6O2S.Na.H/c1-5(2,3)4;;/h1-2H3;;/q;+1;-1. The molecule has 0 atom stereocenters. The first-order valence-corrected chi connectivity index (χ1v) is 3.45. The fourth-order valence-electron chi connectivity index (χ4n) is 0. The molecule has 0 unspecified atom stereocenters. The van der Waals surface area contributed by atoms with Crippen molar-refractivity contribution < 1.29 is 39.4 Å². The van der Waals surface area contributed by atoms with E-state index in [1.54, 1.807) is 0 Å². The third kappa shape index (κ3) is 85.6. The molecule has 4 heteroatoms. The summed E-state index contributed by atoms with van der Waals surface area (Å²) in [4.78, 5) is 0. The van der Waals surface area contributed by atoms with Crippen molar-refractivity contribution >= 4 is 9.84 Å². The van der Waals surface area contributed by atoms with Gasteiger partial charge in [-0.1, -0.05) is 0 Å². The van der Waals surface area contributed by atoms with Crippen molar-refractivity contribution in [3.8, 4) is 0 Å².